The first-order valence-electron chi connectivity index (χ1n) is 8.39. The number of para-hydroxylation sites is 1. The number of carbonyl (C=O) groups is 2. The van der Waals surface area contributed by atoms with Crippen LogP contribution in [0.25, 0.3) is 0 Å². The molecule has 2 heterocycles. The number of carbonyl (C=O) groups excluding carboxylic acids is 2. The summed E-state index contributed by atoms with van der Waals surface area (Å²) in [6, 6.07) is 9.74. The molecule has 2 amide bonds. The monoisotopic (exact) mass is 329 g/mol. The highest BCUT2D eigenvalue weighted by molar-refractivity contribution is 6.07. The molecule has 2 aliphatic rings. The summed E-state index contributed by atoms with van der Waals surface area (Å²) >= 11 is 0. The van der Waals surface area contributed by atoms with Gasteiger partial charge in [-0.2, -0.15) is 5.10 Å². The lowest BCUT2D eigenvalue weighted by atomic mass is 9.85. The van der Waals surface area contributed by atoms with Crippen LogP contribution in [-0.2, 0) is 9.59 Å². The van der Waals surface area contributed by atoms with Crippen molar-refractivity contribution in [3.8, 4) is 0 Å². The lowest BCUT2D eigenvalue weighted by Gasteiger charge is -2.34. The highest BCUT2D eigenvalue weighted by Gasteiger charge is 2.37. The number of hydrogen-bond donors (Lipinski definition) is 4. The highest BCUT2D eigenvalue weighted by atomic mass is 16.2. The quantitative estimate of drug-likeness (QED) is 0.570. The Hall–Kier alpha value is -2.41. The molecule has 3 rings (SSSR count). The highest BCUT2D eigenvalue weighted by Crippen LogP contribution is 2.21. The van der Waals surface area contributed by atoms with Crippen molar-refractivity contribution in [3.05, 3.63) is 30.3 Å². The van der Waals surface area contributed by atoms with Crippen LogP contribution >= 0.6 is 0 Å². The van der Waals surface area contributed by atoms with Gasteiger partial charge in [0.1, 0.15) is 0 Å². The first-order chi connectivity index (χ1) is 11.7. The zero-order chi connectivity index (χ0) is 16.8. The predicted molar refractivity (Wildman–Crippen MR) is 92.7 cm³/mol. The lowest BCUT2D eigenvalue weighted by molar-refractivity contribution is -0.127. The van der Waals surface area contributed by atoms with Crippen LogP contribution in [0.15, 0.2) is 35.4 Å². The predicted octanol–water partition coefficient (Wildman–Crippen LogP) is 0.459. The van der Waals surface area contributed by atoms with E-state index >= 15 is 0 Å². The maximum atomic E-state index is 12.1. The average Bonchev–Trinajstić information content (AvgIpc) is 2.62. The maximum Gasteiger partial charge on any atom is 0.245 e. The van der Waals surface area contributed by atoms with Crippen molar-refractivity contribution in [1.29, 1.82) is 0 Å². The number of nitrogens with zero attached hydrogens (tertiary/aromatic N) is 1. The number of hydrazone groups is 1. The van der Waals surface area contributed by atoms with Crippen molar-refractivity contribution in [2.45, 2.75) is 25.3 Å². The number of anilines is 1. The Morgan fingerprint density at radius 3 is 2.92 bits per heavy atom. The van der Waals surface area contributed by atoms with Crippen LogP contribution in [0.3, 0.4) is 0 Å². The third-order valence-electron chi connectivity index (χ3n) is 4.36. The van der Waals surface area contributed by atoms with Gasteiger partial charge in [0.05, 0.1) is 24.1 Å². The molecule has 7 heteroatoms. The first kappa shape index (κ1) is 16.4. The van der Waals surface area contributed by atoms with Gasteiger partial charge in [-0.25, -0.2) is 5.43 Å². The van der Waals surface area contributed by atoms with Crippen molar-refractivity contribution >= 4 is 23.2 Å². The van der Waals surface area contributed by atoms with Crippen LogP contribution in [-0.4, -0.2) is 43.2 Å². The number of piperidine rings is 1. The molecule has 0 bridgehead atoms. The van der Waals surface area contributed by atoms with Gasteiger partial charge in [0.25, 0.3) is 0 Å². The number of hydrogen-bond acceptors (Lipinski definition) is 5. The van der Waals surface area contributed by atoms with E-state index in [1.807, 2.05) is 30.3 Å². The molecule has 0 radical (unpaired) electrons. The van der Waals surface area contributed by atoms with Gasteiger partial charge in [-0.15, -0.1) is 0 Å². The van der Waals surface area contributed by atoms with Crippen molar-refractivity contribution in [1.82, 2.24) is 16.1 Å². The summed E-state index contributed by atoms with van der Waals surface area (Å²) in [5, 5.41) is 13.5. The molecule has 0 saturated carbocycles. The van der Waals surface area contributed by atoms with Gasteiger partial charge in [-0.1, -0.05) is 18.2 Å². The molecule has 2 unspecified atom stereocenters. The van der Waals surface area contributed by atoms with Gasteiger partial charge in [-0.05, 0) is 31.5 Å². The second kappa shape index (κ2) is 7.92. The normalized spacial score (nSPS) is 22.8. The van der Waals surface area contributed by atoms with Gasteiger partial charge in [0.15, 0.2) is 0 Å². The van der Waals surface area contributed by atoms with Crippen LogP contribution in [0.2, 0.25) is 0 Å². The molecule has 2 aliphatic heterocycles. The zero-order valence-electron chi connectivity index (χ0n) is 13.5. The van der Waals surface area contributed by atoms with E-state index in [-0.39, 0.29) is 30.2 Å². The Morgan fingerprint density at radius 1 is 1.25 bits per heavy atom. The second-order valence-corrected chi connectivity index (χ2v) is 6.08. The standard InChI is InChI=1S/C17H23N5O2/c23-15(19-10-9-18-12-5-2-1-3-6-12)11-14-16-13(7-4-8-20-16)17(24)22-21-14/h1-3,5-6,13,16,18,20H,4,7-11H2,(H,19,23)(H,22,24). The lowest BCUT2D eigenvalue weighted by Crippen LogP contribution is -2.56. The first-order valence-corrected chi connectivity index (χ1v) is 8.39. The molecule has 2 atom stereocenters. The summed E-state index contributed by atoms with van der Waals surface area (Å²) in [6.45, 7) is 2.05. The molecule has 24 heavy (non-hydrogen) atoms. The van der Waals surface area contributed by atoms with Gasteiger partial charge >= 0.3 is 0 Å². The number of rotatable bonds is 6. The van der Waals surface area contributed by atoms with Crippen LogP contribution in [0, 0.1) is 5.92 Å². The zero-order valence-corrected chi connectivity index (χ0v) is 13.5. The van der Waals surface area contributed by atoms with E-state index in [9.17, 15) is 9.59 Å². The van der Waals surface area contributed by atoms with Gasteiger partial charge in [0, 0.05) is 18.8 Å². The van der Waals surface area contributed by atoms with Crippen molar-refractivity contribution in [3.63, 3.8) is 0 Å². The van der Waals surface area contributed by atoms with E-state index in [2.05, 4.69) is 26.5 Å². The fourth-order valence-electron chi connectivity index (χ4n) is 3.14. The second-order valence-electron chi connectivity index (χ2n) is 6.08. The SMILES string of the molecule is O=C(CC1=NNC(=O)C2CCCNC12)NCCNc1ccccc1. The molecule has 7 nitrogen and oxygen atoms in total. The number of nitrogens with one attached hydrogen (secondary N) is 4. The number of amides is 2. The van der Waals surface area contributed by atoms with Crippen molar-refractivity contribution in [2.75, 3.05) is 25.0 Å². The van der Waals surface area contributed by atoms with Crippen LogP contribution in [0.5, 0.6) is 0 Å². The topological polar surface area (TPSA) is 94.6 Å². The van der Waals surface area contributed by atoms with Crippen LogP contribution < -0.4 is 21.4 Å². The van der Waals surface area contributed by atoms with Crippen LogP contribution in [0.4, 0.5) is 5.69 Å². The summed E-state index contributed by atoms with van der Waals surface area (Å²) in [5.74, 6) is -0.242. The Kier molecular flexibility index (Phi) is 5.43. The van der Waals surface area contributed by atoms with E-state index in [4.69, 9.17) is 0 Å². The molecule has 1 fully saturated rings. The third-order valence-corrected chi connectivity index (χ3v) is 4.36. The minimum atomic E-state index is -0.112. The fourth-order valence-corrected chi connectivity index (χ4v) is 3.14. The summed E-state index contributed by atoms with van der Waals surface area (Å²) in [5.41, 5.74) is 4.29. The molecule has 0 aliphatic carbocycles. The van der Waals surface area contributed by atoms with Gasteiger partial charge in [0.2, 0.25) is 11.8 Å². The molecular weight excluding hydrogens is 306 g/mol. The number of benzene rings is 1. The number of fused-ring (bicyclic) bond motifs is 1. The summed E-state index contributed by atoms with van der Waals surface area (Å²) < 4.78 is 0. The molecule has 0 spiro atoms. The molecule has 1 aromatic carbocycles. The van der Waals surface area contributed by atoms with E-state index in [1.165, 1.54) is 0 Å². The van der Waals surface area contributed by atoms with Gasteiger partial charge in [-0.3, -0.25) is 9.59 Å². The van der Waals surface area contributed by atoms with E-state index in [1.54, 1.807) is 0 Å². The maximum absolute atomic E-state index is 12.1. The molecule has 128 valence electrons. The summed E-state index contributed by atoms with van der Waals surface area (Å²) in [7, 11) is 0. The molecule has 4 N–H and O–H groups in total. The van der Waals surface area contributed by atoms with E-state index in [0.29, 0.717) is 18.8 Å². The summed E-state index contributed by atoms with van der Waals surface area (Å²) in [6.07, 6.45) is 2.02. The summed E-state index contributed by atoms with van der Waals surface area (Å²) in [4.78, 5) is 24.0. The molecular formula is C17H23N5O2. The van der Waals surface area contributed by atoms with Crippen molar-refractivity contribution in [2.24, 2.45) is 11.0 Å². The average molecular weight is 329 g/mol. The Balaban J connectivity index is 1.43. The molecule has 0 aromatic heterocycles. The Morgan fingerprint density at radius 2 is 2.08 bits per heavy atom. The largest absolute Gasteiger partial charge is 0.383 e. The van der Waals surface area contributed by atoms with E-state index < -0.39 is 0 Å². The smallest absolute Gasteiger partial charge is 0.245 e. The van der Waals surface area contributed by atoms with Gasteiger partial charge < -0.3 is 16.0 Å². The van der Waals surface area contributed by atoms with E-state index in [0.717, 1.165) is 25.1 Å². The Labute approximate surface area is 141 Å². The fraction of sp³-hybridized carbons (Fsp3) is 0.471. The minimum absolute atomic E-state index is 0.0524. The van der Waals surface area contributed by atoms with Crippen molar-refractivity contribution < 1.29 is 9.59 Å². The van der Waals surface area contributed by atoms with Crippen LogP contribution in [0.1, 0.15) is 19.3 Å². The molecule has 1 aromatic rings. The Bertz CT molecular complexity index is 617. The third kappa shape index (κ3) is 4.11. The minimum Gasteiger partial charge on any atom is -0.383 e. The molecule has 1 saturated heterocycles.